The topological polar surface area (TPSA) is 37.8 Å². The summed E-state index contributed by atoms with van der Waals surface area (Å²) in [6.45, 7) is 2.08. The van der Waals surface area contributed by atoms with Crippen molar-refractivity contribution in [1.29, 1.82) is 0 Å². The van der Waals surface area contributed by atoms with Crippen LogP contribution in [-0.4, -0.2) is 17.0 Å². The number of nitrogens with one attached hydrogen (secondary N) is 1. The smallest absolute Gasteiger partial charge is 0.162 e. The van der Waals surface area contributed by atoms with Gasteiger partial charge >= 0.3 is 0 Å². The third-order valence-electron chi connectivity index (χ3n) is 3.36. The second kappa shape index (κ2) is 4.93. The first-order valence-electron chi connectivity index (χ1n) is 6.50. The lowest BCUT2D eigenvalue weighted by Crippen LogP contribution is -2.00. The van der Waals surface area contributed by atoms with Gasteiger partial charge in [0.1, 0.15) is 5.82 Å². The van der Waals surface area contributed by atoms with Crippen LogP contribution in [0, 0.1) is 6.92 Å². The van der Waals surface area contributed by atoms with Gasteiger partial charge in [0.2, 0.25) is 0 Å². The van der Waals surface area contributed by atoms with Gasteiger partial charge in [-0.1, -0.05) is 22.0 Å². The maximum Gasteiger partial charge on any atom is 0.162 e. The van der Waals surface area contributed by atoms with Gasteiger partial charge in [-0.3, -0.25) is 0 Å². The van der Waals surface area contributed by atoms with Crippen molar-refractivity contribution in [1.82, 2.24) is 9.97 Å². The van der Waals surface area contributed by atoms with Gasteiger partial charge in [-0.25, -0.2) is 9.97 Å². The van der Waals surface area contributed by atoms with Crippen LogP contribution in [0.5, 0.6) is 0 Å². The molecule has 1 N–H and O–H groups in total. The number of benzene rings is 1. The van der Waals surface area contributed by atoms with Crippen molar-refractivity contribution < 1.29 is 0 Å². The summed E-state index contributed by atoms with van der Waals surface area (Å²) < 4.78 is 1.04. The number of rotatable bonds is 3. The van der Waals surface area contributed by atoms with Crippen LogP contribution in [0.3, 0.4) is 0 Å². The fourth-order valence-electron chi connectivity index (χ4n) is 2.10. The first kappa shape index (κ1) is 12.6. The molecule has 1 saturated carbocycles. The summed E-state index contributed by atoms with van der Waals surface area (Å²) in [5.74, 6) is 2.30. The van der Waals surface area contributed by atoms with Crippen molar-refractivity contribution in [2.75, 3.05) is 12.4 Å². The molecule has 1 aliphatic carbocycles. The molecule has 1 heterocycles. The molecule has 98 valence electrons. The molecule has 4 heteroatoms. The molecule has 1 aromatic carbocycles. The third-order valence-corrected chi connectivity index (χ3v) is 4.02. The number of hydrogen-bond donors (Lipinski definition) is 1. The number of aryl methyl sites for hydroxylation is 1. The maximum absolute atomic E-state index is 4.72. The fourth-order valence-corrected chi connectivity index (χ4v) is 2.77. The van der Waals surface area contributed by atoms with Crippen molar-refractivity contribution in [3.8, 4) is 11.4 Å². The number of nitrogens with zero attached hydrogens (tertiary/aromatic N) is 2. The van der Waals surface area contributed by atoms with E-state index in [1.807, 2.05) is 7.05 Å². The van der Waals surface area contributed by atoms with Crippen LogP contribution in [-0.2, 0) is 0 Å². The average Bonchev–Trinajstić information content (AvgIpc) is 3.22. The summed E-state index contributed by atoms with van der Waals surface area (Å²) in [6.07, 6.45) is 2.49. The molecular weight excluding hydrogens is 302 g/mol. The summed E-state index contributed by atoms with van der Waals surface area (Å²) in [6, 6.07) is 8.32. The Balaban J connectivity index is 2.10. The van der Waals surface area contributed by atoms with Crippen LogP contribution in [0.4, 0.5) is 5.82 Å². The number of anilines is 1. The van der Waals surface area contributed by atoms with E-state index in [2.05, 4.69) is 57.4 Å². The molecule has 0 bridgehead atoms. The van der Waals surface area contributed by atoms with Crippen molar-refractivity contribution >= 4 is 21.7 Å². The van der Waals surface area contributed by atoms with Crippen molar-refractivity contribution in [3.05, 3.63) is 40.0 Å². The van der Waals surface area contributed by atoms with Gasteiger partial charge in [0, 0.05) is 34.8 Å². The number of hydrogen-bond acceptors (Lipinski definition) is 3. The van der Waals surface area contributed by atoms with Gasteiger partial charge in [0.15, 0.2) is 5.82 Å². The van der Waals surface area contributed by atoms with E-state index in [-0.39, 0.29) is 0 Å². The summed E-state index contributed by atoms with van der Waals surface area (Å²) in [5, 5.41) is 3.12. The lowest BCUT2D eigenvalue weighted by atomic mass is 10.1. The highest BCUT2D eigenvalue weighted by Gasteiger charge is 2.26. The Hall–Kier alpha value is -1.42. The highest BCUT2D eigenvalue weighted by Crippen LogP contribution is 2.40. The summed E-state index contributed by atoms with van der Waals surface area (Å²) >= 11 is 3.61. The van der Waals surface area contributed by atoms with E-state index >= 15 is 0 Å². The highest BCUT2D eigenvalue weighted by molar-refractivity contribution is 9.10. The minimum Gasteiger partial charge on any atom is -0.373 e. The van der Waals surface area contributed by atoms with Gasteiger partial charge in [-0.05, 0) is 37.5 Å². The Labute approximate surface area is 121 Å². The molecule has 0 saturated heterocycles. The zero-order valence-corrected chi connectivity index (χ0v) is 12.7. The molecule has 0 aliphatic heterocycles. The fraction of sp³-hybridized carbons (Fsp3) is 0.333. The van der Waals surface area contributed by atoms with Gasteiger partial charge in [0.25, 0.3) is 0 Å². The molecule has 1 aliphatic rings. The monoisotopic (exact) mass is 317 g/mol. The molecule has 19 heavy (non-hydrogen) atoms. The molecule has 1 fully saturated rings. The van der Waals surface area contributed by atoms with Gasteiger partial charge < -0.3 is 5.32 Å². The number of halogens is 1. The summed E-state index contributed by atoms with van der Waals surface area (Å²) in [5.41, 5.74) is 3.43. The van der Waals surface area contributed by atoms with Crippen LogP contribution in [0.1, 0.15) is 30.0 Å². The Kier molecular flexibility index (Phi) is 3.27. The van der Waals surface area contributed by atoms with Gasteiger partial charge in [-0.2, -0.15) is 0 Å². The largest absolute Gasteiger partial charge is 0.373 e. The summed E-state index contributed by atoms with van der Waals surface area (Å²) in [7, 11) is 1.90. The first-order valence-corrected chi connectivity index (χ1v) is 7.30. The second-order valence-corrected chi connectivity index (χ2v) is 5.86. The molecule has 0 radical (unpaired) electrons. The molecule has 3 rings (SSSR count). The van der Waals surface area contributed by atoms with E-state index in [9.17, 15) is 0 Å². The van der Waals surface area contributed by atoms with E-state index in [0.29, 0.717) is 5.92 Å². The summed E-state index contributed by atoms with van der Waals surface area (Å²) in [4.78, 5) is 9.29. The molecular formula is C15H16BrN3. The number of aromatic nitrogens is 2. The minimum atomic E-state index is 0.623. The maximum atomic E-state index is 4.72. The third kappa shape index (κ3) is 2.63. The molecule has 1 aromatic heterocycles. The molecule has 0 unspecified atom stereocenters. The van der Waals surface area contributed by atoms with Crippen molar-refractivity contribution in [3.63, 3.8) is 0 Å². The average molecular weight is 318 g/mol. The van der Waals surface area contributed by atoms with Crippen molar-refractivity contribution in [2.24, 2.45) is 0 Å². The van der Waals surface area contributed by atoms with E-state index in [0.717, 1.165) is 27.4 Å². The Morgan fingerprint density at radius 3 is 2.63 bits per heavy atom. The van der Waals surface area contributed by atoms with Crippen molar-refractivity contribution in [2.45, 2.75) is 25.7 Å². The quantitative estimate of drug-likeness (QED) is 0.924. The SMILES string of the molecule is CNc1cc(C2CC2)nc(-c2ccc(C)cc2Br)n1. The first-order chi connectivity index (χ1) is 9.17. The predicted molar refractivity (Wildman–Crippen MR) is 81.4 cm³/mol. The van der Waals surface area contributed by atoms with E-state index in [4.69, 9.17) is 4.98 Å². The van der Waals surface area contributed by atoms with Crippen LogP contribution in [0.2, 0.25) is 0 Å². The predicted octanol–water partition coefficient (Wildman–Crippen LogP) is 4.13. The van der Waals surface area contributed by atoms with Crippen LogP contribution in [0.25, 0.3) is 11.4 Å². The lowest BCUT2D eigenvalue weighted by Gasteiger charge is -2.09. The molecule has 2 aromatic rings. The van der Waals surface area contributed by atoms with Gasteiger partial charge in [0.05, 0.1) is 0 Å². The van der Waals surface area contributed by atoms with Crippen LogP contribution >= 0.6 is 15.9 Å². The highest BCUT2D eigenvalue weighted by atomic mass is 79.9. The van der Waals surface area contributed by atoms with Gasteiger partial charge in [-0.15, -0.1) is 0 Å². The Bertz CT molecular complexity index is 621. The zero-order valence-electron chi connectivity index (χ0n) is 11.1. The lowest BCUT2D eigenvalue weighted by molar-refractivity contribution is 0.994. The Morgan fingerprint density at radius 2 is 2.00 bits per heavy atom. The molecule has 3 nitrogen and oxygen atoms in total. The zero-order chi connectivity index (χ0) is 13.4. The molecule has 0 atom stereocenters. The standard InChI is InChI=1S/C15H16BrN3/c1-9-3-6-11(12(16)7-9)15-18-13(10-4-5-10)8-14(17-2)19-15/h3,6-8,10H,4-5H2,1-2H3,(H,17,18,19). The second-order valence-electron chi connectivity index (χ2n) is 5.01. The minimum absolute atomic E-state index is 0.623. The molecule has 0 amide bonds. The van der Waals surface area contributed by atoms with E-state index in [1.165, 1.54) is 18.4 Å². The van der Waals surface area contributed by atoms with E-state index in [1.54, 1.807) is 0 Å². The van der Waals surface area contributed by atoms with Crippen LogP contribution < -0.4 is 5.32 Å². The Morgan fingerprint density at radius 1 is 1.21 bits per heavy atom. The normalized spacial score (nSPS) is 14.5. The van der Waals surface area contributed by atoms with E-state index < -0.39 is 0 Å². The van der Waals surface area contributed by atoms with Crippen LogP contribution in [0.15, 0.2) is 28.7 Å². The molecule has 0 spiro atoms.